The summed E-state index contributed by atoms with van der Waals surface area (Å²) in [5, 5.41) is 0. The SMILES string of the molecule is C=C(C)C(=O)Oc1ccc(C(=O)c2ccc(-c3ccccc3)s2)c(OC(=O)C(=C)C)c1. The number of thiophene rings is 1. The Kier molecular flexibility index (Phi) is 6.62. The Morgan fingerprint density at radius 1 is 0.806 bits per heavy atom. The molecule has 156 valence electrons. The topological polar surface area (TPSA) is 69.7 Å². The van der Waals surface area contributed by atoms with Gasteiger partial charge in [-0.2, -0.15) is 0 Å². The van der Waals surface area contributed by atoms with Gasteiger partial charge in [0.05, 0.1) is 10.4 Å². The molecule has 0 bridgehead atoms. The predicted octanol–water partition coefficient (Wildman–Crippen LogP) is 5.61. The largest absolute Gasteiger partial charge is 0.423 e. The highest BCUT2D eigenvalue weighted by molar-refractivity contribution is 7.17. The van der Waals surface area contributed by atoms with Crippen molar-refractivity contribution in [3.05, 3.63) is 95.4 Å². The number of hydrogen-bond donors (Lipinski definition) is 0. The lowest BCUT2D eigenvalue weighted by Gasteiger charge is -2.11. The van der Waals surface area contributed by atoms with Crippen molar-refractivity contribution in [2.45, 2.75) is 13.8 Å². The van der Waals surface area contributed by atoms with E-state index in [1.165, 1.54) is 43.4 Å². The monoisotopic (exact) mass is 432 g/mol. The summed E-state index contributed by atoms with van der Waals surface area (Å²) in [5.74, 6) is -1.50. The lowest BCUT2D eigenvalue weighted by molar-refractivity contribution is -0.130. The standard InChI is InChI=1S/C25H20O5S/c1-15(2)24(27)29-18-10-11-19(20(14-18)30-25(28)16(3)4)23(26)22-13-12-21(31-22)17-8-6-5-7-9-17/h5-14H,1,3H2,2,4H3. The molecule has 5 nitrogen and oxygen atoms in total. The molecule has 0 saturated carbocycles. The van der Waals surface area contributed by atoms with Gasteiger partial charge in [0.2, 0.25) is 5.78 Å². The molecule has 1 heterocycles. The zero-order valence-corrected chi connectivity index (χ0v) is 18.0. The first-order chi connectivity index (χ1) is 14.8. The van der Waals surface area contributed by atoms with Crippen LogP contribution in [0.1, 0.15) is 29.1 Å². The fourth-order valence-electron chi connectivity index (χ4n) is 2.57. The van der Waals surface area contributed by atoms with Crippen LogP contribution in [0.5, 0.6) is 11.5 Å². The van der Waals surface area contributed by atoms with E-state index in [1.54, 1.807) is 6.07 Å². The highest BCUT2D eigenvalue weighted by Gasteiger charge is 2.21. The minimum Gasteiger partial charge on any atom is -0.423 e. The average Bonchev–Trinajstić information content (AvgIpc) is 3.24. The second kappa shape index (κ2) is 9.36. The van der Waals surface area contributed by atoms with Gasteiger partial charge in [0.1, 0.15) is 11.5 Å². The summed E-state index contributed by atoms with van der Waals surface area (Å²) in [4.78, 5) is 38.5. The fraction of sp³-hybridized carbons (Fsp3) is 0.0800. The Labute approximate surface area is 184 Å². The number of rotatable bonds is 7. The molecule has 0 N–H and O–H groups in total. The molecule has 0 saturated heterocycles. The number of ether oxygens (including phenoxy) is 2. The fourth-order valence-corrected chi connectivity index (χ4v) is 3.54. The third kappa shape index (κ3) is 5.24. The minimum absolute atomic E-state index is 0.0142. The molecule has 0 fully saturated rings. The van der Waals surface area contributed by atoms with Crippen LogP contribution in [0.4, 0.5) is 0 Å². The molecule has 3 rings (SSSR count). The summed E-state index contributed by atoms with van der Waals surface area (Å²) in [6.07, 6.45) is 0. The van der Waals surface area contributed by atoms with E-state index >= 15 is 0 Å². The maximum Gasteiger partial charge on any atom is 0.338 e. The molecule has 0 radical (unpaired) electrons. The first-order valence-electron chi connectivity index (χ1n) is 9.35. The molecule has 0 atom stereocenters. The second-order valence-electron chi connectivity index (χ2n) is 6.86. The number of esters is 2. The molecule has 0 unspecified atom stereocenters. The highest BCUT2D eigenvalue weighted by Crippen LogP contribution is 2.33. The Hall–Kier alpha value is -3.77. The summed E-state index contributed by atoms with van der Waals surface area (Å²) in [7, 11) is 0. The zero-order chi connectivity index (χ0) is 22.5. The molecule has 6 heteroatoms. The molecule has 0 aliphatic rings. The van der Waals surface area contributed by atoms with Crippen LogP contribution in [0, 0.1) is 0 Å². The van der Waals surface area contributed by atoms with Crippen LogP contribution in [0.15, 0.2) is 85.0 Å². The maximum atomic E-state index is 13.2. The lowest BCUT2D eigenvalue weighted by atomic mass is 10.1. The normalized spacial score (nSPS) is 10.3. The first kappa shape index (κ1) is 21.9. The summed E-state index contributed by atoms with van der Waals surface area (Å²) in [6, 6.07) is 17.6. The molecule has 3 aromatic rings. The zero-order valence-electron chi connectivity index (χ0n) is 17.1. The third-order valence-electron chi connectivity index (χ3n) is 4.20. The van der Waals surface area contributed by atoms with Gasteiger partial charge in [-0.25, -0.2) is 9.59 Å². The summed E-state index contributed by atoms with van der Waals surface area (Å²) < 4.78 is 10.6. The lowest BCUT2D eigenvalue weighted by Crippen LogP contribution is -2.13. The van der Waals surface area contributed by atoms with Crippen molar-refractivity contribution in [3.63, 3.8) is 0 Å². The van der Waals surface area contributed by atoms with Crippen molar-refractivity contribution in [2.24, 2.45) is 0 Å². The summed E-state index contributed by atoms with van der Waals surface area (Å²) in [5.41, 5.74) is 1.56. The van der Waals surface area contributed by atoms with Crippen LogP contribution in [-0.2, 0) is 9.59 Å². The van der Waals surface area contributed by atoms with Crippen molar-refractivity contribution in [1.82, 2.24) is 0 Å². The van der Waals surface area contributed by atoms with E-state index in [2.05, 4.69) is 13.2 Å². The van der Waals surface area contributed by atoms with Gasteiger partial charge < -0.3 is 9.47 Å². The molecule has 0 spiro atoms. The Balaban J connectivity index is 1.96. The van der Waals surface area contributed by atoms with Gasteiger partial charge >= 0.3 is 11.9 Å². The van der Waals surface area contributed by atoms with Gasteiger partial charge in [-0.15, -0.1) is 11.3 Å². The molecule has 0 aliphatic heterocycles. The second-order valence-corrected chi connectivity index (χ2v) is 7.94. The van der Waals surface area contributed by atoms with E-state index < -0.39 is 11.9 Å². The first-order valence-corrected chi connectivity index (χ1v) is 10.2. The van der Waals surface area contributed by atoms with Gasteiger partial charge in [0.15, 0.2) is 0 Å². The smallest absolute Gasteiger partial charge is 0.338 e. The van der Waals surface area contributed by atoms with Crippen LogP contribution < -0.4 is 9.47 Å². The van der Waals surface area contributed by atoms with Crippen molar-refractivity contribution in [3.8, 4) is 21.9 Å². The number of ketones is 1. The quantitative estimate of drug-likeness (QED) is 0.210. The van der Waals surface area contributed by atoms with Gasteiger partial charge in [-0.05, 0) is 43.7 Å². The van der Waals surface area contributed by atoms with Crippen LogP contribution in [0.25, 0.3) is 10.4 Å². The molecule has 0 aliphatic carbocycles. The Morgan fingerprint density at radius 2 is 1.45 bits per heavy atom. The van der Waals surface area contributed by atoms with Crippen LogP contribution in [0.3, 0.4) is 0 Å². The predicted molar refractivity (Wildman–Crippen MR) is 121 cm³/mol. The molecule has 1 aromatic heterocycles. The van der Waals surface area contributed by atoms with Crippen molar-refractivity contribution >= 4 is 29.1 Å². The highest BCUT2D eigenvalue weighted by atomic mass is 32.1. The Bertz CT molecular complexity index is 1190. The van der Waals surface area contributed by atoms with Gasteiger partial charge in [0, 0.05) is 22.1 Å². The van der Waals surface area contributed by atoms with Gasteiger partial charge in [0.25, 0.3) is 0 Å². The van der Waals surface area contributed by atoms with E-state index in [1.807, 2.05) is 36.4 Å². The maximum absolute atomic E-state index is 13.2. The summed E-state index contributed by atoms with van der Waals surface area (Å²) in [6.45, 7) is 10.1. The summed E-state index contributed by atoms with van der Waals surface area (Å²) >= 11 is 1.34. The van der Waals surface area contributed by atoms with Gasteiger partial charge in [-0.1, -0.05) is 43.5 Å². The van der Waals surface area contributed by atoms with E-state index in [-0.39, 0.29) is 34.0 Å². The number of carbonyl (C=O) groups excluding carboxylic acids is 3. The van der Waals surface area contributed by atoms with E-state index in [0.717, 1.165) is 10.4 Å². The van der Waals surface area contributed by atoms with Crippen molar-refractivity contribution < 1.29 is 23.9 Å². The van der Waals surface area contributed by atoms with E-state index in [4.69, 9.17) is 9.47 Å². The molecular weight excluding hydrogens is 412 g/mol. The molecule has 31 heavy (non-hydrogen) atoms. The molecule has 0 amide bonds. The van der Waals surface area contributed by atoms with Crippen LogP contribution >= 0.6 is 11.3 Å². The average molecular weight is 432 g/mol. The van der Waals surface area contributed by atoms with Crippen LogP contribution in [-0.4, -0.2) is 17.7 Å². The number of benzene rings is 2. The number of hydrogen-bond acceptors (Lipinski definition) is 6. The van der Waals surface area contributed by atoms with Crippen LogP contribution in [0.2, 0.25) is 0 Å². The van der Waals surface area contributed by atoms with E-state index in [0.29, 0.717) is 4.88 Å². The van der Waals surface area contributed by atoms with Crippen molar-refractivity contribution in [2.75, 3.05) is 0 Å². The third-order valence-corrected chi connectivity index (χ3v) is 5.33. The number of carbonyl (C=O) groups is 3. The Morgan fingerprint density at radius 3 is 2.10 bits per heavy atom. The van der Waals surface area contributed by atoms with Crippen molar-refractivity contribution in [1.29, 1.82) is 0 Å². The minimum atomic E-state index is -0.686. The molecule has 2 aromatic carbocycles. The molecular formula is C25H20O5S. The van der Waals surface area contributed by atoms with Gasteiger partial charge in [-0.3, -0.25) is 4.79 Å². The van der Waals surface area contributed by atoms with E-state index in [9.17, 15) is 14.4 Å².